The highest BCUT2D eigenvalue weighted by Gasteiger charge is 2.58. The van der Waals surface area contributed by atoms with Gasteiger partial charge in [0.2, 0.25) is 0 Å². The van der Waals surface area contributed by atoms with Crippen LogP contribution in [0.3, 0.4) is 0 Å². The number of ketones is 1. The Kier molecular flexibility index (Phi) is 1.61. The van der Waals surface area contributed by atoms with Crippen LogP contribution in [0.4, 0.5) is 0 Å². The summed E-state index contributed by atoms with van der Waals surface area (Å²) < 4.78 is 0. The second-order valence-electron chi connectivity index (χ2n) is 5.18. The maximum Gasteiger partial charge on any atom is 0.136 e. The van der Waals surface area contributed by atoms with E-state index in [0.717, 1.165) is 24.7 Å². The Morgan fingerprint density at radius 1 is 1.25 bits per heavy atom. The summed E-state index contributed by atoms with van der Waals surface area (Å²) in [4.78, 5) is 11.5. The van der Waals surface area contributed by atoms with Crippen LogP contribution >= 0.6 is 0 Å². The molecule has 0 N–H and O–H groups in total. The van der Waals surface area contributed by atoms with Crippen molar-refractivity contribution in [1.82, 2.24) is 0 Å². The highest BCUT2D eigenvalue weighted by Crippen LogP contribution is 2.63. The molecule has 0 aromatic carbocycles. The van der Waals surface area contributed by atoms with Crippen molar-refractivity contribution in [3.63, 3.8) is 0 Å². The third kappa shape index (κ3) is 1.02. The molecule has 2 saturated carbocycles. The summed E-state index contributed by atoms with van der Waals surface area (Å²) in [7, 11) is 0. The van der Waals surface area contributed by atoms with E-state index in [0.29, 0.717) is 17.1 Å². The maximum atomic E-state index is 11.5. The quantitative estimate of drug-likeness (QED) is 0.540. The Balaban J connectivity index is 2.09. The fraction of sp³-hybridized carbons (Fsp3) is 0.909. The van der Waals surface area contributed by atoms with Gasteiger partial charge in [-0.15, -0.1) is 0 Å². The molecule has 0 aromatic rings. The van der Waals surface area contributed by atoms with Gasteiger partial charge in [0.15, 0.2) is 0 Å². The summed E-state index contributed by atoms with van der Waals surface area (Å²) in [6, 6.07) is 0. The average molecular weight is 166 g/mol. The summed E-state index contributed by atoms with van der Waals surface area (Å²) >= 11 is 0. The summed E-state index contributed by atoms with van der Waals surface area (Å²) in [6.45, 7) is 6.71. The first-order valence-corrected chi connectivity index (χ1v) is 5.06. The fourth-order valence-electron chi connectivity index (χ4n) is 2.84. The zero-order valence-electron chi connectivity index (χ0n) is 8.26. The summed E-state index contributed by atoms with van der Waals surface area (Å²) in [5.41, 5.74) is 0.482. The summed E-state index contributed by atoms with van der Waals surface area (Å²) in [6.07, 6.45) is 3.27. The minimum Gasteiger partial charge on any atom is -0.299 e. The smallest absolute Gasteiger partial charge is 0.136 e. The van der Waals surface area contributed by atoms with Crippen LogP contribution in [0.1, 0.15) is 40.0 Å². The van der Waals surface area contributed by atoms with Crippen LogP contribution in [0.25, 0.3) is 0 Å². The van der Waals surface area contributed by atoms with Gasteiger partial charge in [-0.05, 0) is 30.1 Å². The number of fused-ring (bicyclic) bond motifs is 1. The average Bonchev–Trinajstić information content (AvgIpc) is 2.53. The standard InChI is InChI=1S/C11H18O/c1-7-4-5-8-9(6-10(7)12)11(8,2)3/h7-9H,4-6H2,1-3H3/t7-,8-,9+/m1/s1. The van der Waals surface area contributed by atoms with Crippen LogP contribution in [-0.4, -0.2) is 5.78 Å². The number of carbonyl (C=O) groups excluding carboxylic acids is 1. The van der Waals surface area contributed by atoms with Crippen LogP contribution in [0, 0.1) is 23.2 Å². The summed E-state index contributed by atoms with van der Waals surface area (Å²) in [5, 5.41) is 0. The van der Waals surface area contributed by atoms with E-state index in [-0.39, 0.29) is 0 Å². The molecule has 12 heavy (non-hydrogen) atoms. The molecular formula is C11H18O. The summed E-state index contributed by atoms with van der Waals surface area (Å²) in [5.74, 6) is 2.42. The molecule has 2 aliphatic carbocycles. The van der Waals surface area contributed by atoms with Crippen molar-refractivity contribution in [2.45, 2.75) is 40.0 Å². The molecular weight excluding hydrogens is 148 g/mol. The molecule has 0 aliphatic heterocycles. The van der Waals surface area contributed by atoms with Gasteiger partial charge in [-0.2, -0.15) is 0 Å². The highest BCUT2D eigenvalue weighted by atomic mass is 16.1. The number of hydrogen-bond acceptors (Lipinski definition) is 1. The number of rotatable bonds is 0. The van der Waals surface area contributed by atoms with Gasteiger partial charge in [-0.25, -0.2) is 0 Å². The first-order valence-electron chi connectivity index (χ1n) is 5.06. The van der Waals surface area contributed by atoms with Crippen LogP contribution < -0.4 is 0 Å². The van der Waals surface area contributed by atoms with E-state index in [9.17, 15) is 4.79 Å². The van der Waals surface area contributed by atoms with Crippen molar-refractivity contribution in [3.8, 4) is 0 Å². The normalized spacial score (nSPS) is 44.9. The lowest BCUT2D eigenvalue weighted by Gasteiger charge is -2.10. The van der Waals surface area contributed by atoms with E-state index >= 15 is 0 Å². The zero-order chi connectivity index (χ0) is 8.93. The molecule has 1 heteroatoms. The van der Waals surface area contributed by atoms with Gasteiger partial charge in [0.05, 0.1) is 0 Å². The van der Waals surface area contributed by atoms with Crippen LogP contribution in [0.15, 0.2) is 0 Å². The molecule has 3 atom stereocenters. The maximum absolute atomic E-state index is 11.5. The Labute approximate surface area is 74.5 Å². The molecule has 2 rings (SSSR count). The largest absolute Gasteiger partial charge is 0.299 e. The predicted octanol–water partition coefficient (Wildman–Crippen LogP) is 2.65. The van der Waals surface area contributed by atoms with Gasteiger partial charge < -0.3 is 0 Å². The fourth-order valence-corrected chi connectivity index (χ4v) is 2.84. The van der Waals surface area contributed by atoms with Crippen molar-refractivity contribution in [2.75, 3.05) is 0 Å². The van der Waals surface area contributed by atoms with E-state index in [1.165, 1.54) is 6.42 Å². The SMILES string of the molecule is C[C@@H]1CC[C@@H]2[C@H](CC1=O)C2(C)C. The van der Waals surface area contributed by atoms with Gasteiger partial charge in [0.1, 0.15) is 5.78 Å². The van der Waals surface area contributed by atoms with E-state index in [1.54, 1.807) is 0 Å². The Morgan fingerprint density at radius 3 is 2.58 bits per heavy atom. The van der Waals surface area contributed by atoms with Crippen LogP contribution in [0.2, 0.25) is 0 Å². The molecule has 0 bridgehead atoms. The molecule has 1 nitrogen and oxygen atoms in total. The third-order valence-corrected chi connectivity index (χ3v) is 4.17. The van der Waals surface area contributed by atoms with Gasteiger partial charge in [0, 0.05) is 12.3 Å². The minimum atomic E-state index is 0.341. The van der Waals surface area contributed by atoms with Crippen molar-refractivity contribution < 1.29 is 4.79 Å². The zero-order valence-corrected chi connectivity index (χ0v) is 8.26. The molecule has 0 radical (unpaired) electrons. The van der Waals surface area contributed by atoms with Crippen molar-refractivity contribution in [2.24, 2.45) is 23.2 Å². The molecule has 0 saturated heterocycles. The monoisotopic (exact) mass is 166 g/mol. The lowest BCUT2D eigenvalue weighted by Crippen LogP contribution is -2.11. The Hall–Kier alpha value is -0.330. The molecule has 0 heterocycles. The second-order valence-corrected chi connectivity index (χ2v) is 5.18. The number of Topliss-reactive ketones (excluding diaryl/α,β-unsaturated/α-hetero) is 1. The predicted molar refractivity (Wildman–Crippen MR) is 48.8 cm³/mol. The van der Waals surface area contributed by atoms with Gasteiger partial charge in [0.25, 0.3) is 0 Å². The van der Waals surface area contributed by atoms with E-state index < -0.39 is 0 Å². The molecule has 0 aromatic heterocycles. The van der Waals surface area contributed by atoms with Crippen molar-refractivity contribution in [3.05, 3.63) is 0 Å². The molecule has 68 valence electrons. The van der Waals surface area contributed by atoms with Crippen LogP contribution in [-0.2, 0) is 4.79 Å². The van der Waals surface area contributed by atoms with Crippen molar-refractivity contribution in [1.29, 1.82) is 0 Å². The van der Waals surface area contributed by atoms with Gasteiger partial charge in [-0.1, -0.05) is 20.8 Å². The van der Waals surface area contributed by atoms with E-state index in [4.69, 9.17) is 0 Å². The first kappa shape index (κ1) is 8.28. The molecule has 0 unspecified atom stereocenters. The minimum absolute atomic E-state index is 0.341. The second kappa shape index (κ2) is 2.34. The van der Waals surface area contributed by atoms with Crippen molar-refractivity contribution >= 4 is 5.78 Å². The lowest BCUT2D eigenvalue weighted by molar-refractivity contribution is -0.122. The number of hydrogen-bond donors (Lipinski definition) is 0. The first-order chi connectivity index (χ1) is 5.53. The van der Waals surface area contributed by atoms with Gasteiger partial charge in [-0.3, -0.25) is 4.79 Å². The lowest BCUT2D eigenvalue weighted by atomic mass is 9.94. The van der Waals surface area contributed by atoms with E-state index in [1.807, 2.05) is 0 Å². The van der Waals surface area contributed by atoms with Gasteiger partial charge >= 0.3 is 0 Å². The molecule has 2 aliphatic rings. The highest BCUT2D eigenvalue weighted by molar-refractivity contribution is 5.81. The van der Waals surface area contributed by atoms with E-state index in [2.05, 4.69) is 20.8 Å². The molecule has 0 amide bonds. The molecule has 0 spiro atoms. The van der Waals surface area contributed by atoms with Crippen LogP contribution in [0.5, 0.6) is 0 Å². The Morgan fingerprint density at radius 2 is 1.92 bits per heavy atom. The topological polar surface area (TPSA) is 17.1 Å². The third-order valence-electron chi connectivity index (χ3n) is 4.17. The Bertz CT molecular complexity index is 217. The molecule has 2 fully saturated rings. The number of carbonyl (C=O) groups is 1.